The lowest BCUT2D eigenvalue weighted by Gasteiger charge is -2.26. The van der Waals surface area contributed by atoms with Gasteiger partial charge in [-0.3, -0.25) is 14.5 Å². The number of rotatable bonds is 3. The van der Waals surface area contributed by atoms with E-state index in [1.54, 1.807) is 12.1 Å². The van der Waals surface area contributed by atoms with Crippen molar-refractivity contribution in [2.45, 2.75) is 45.6 Å². The molecule has 1 atom stereocenters. The number of aliphatic hydroxyl groups excluding tert-OH is 1. The molecule has 5 heteroatoms. The van der Waals surface area contributed by atoms with Gasteiger partial charge in [0.2, 0.25) is 0 Å². The fourth-order valence-electron chi connectivity index (χ4n) is 5.10. The van der Waals surface area contributed by atoms with Crippen LogP contribution in [0.5, 0.6) is 5.75 Å². The fourth-order valence-corrected chi connectivity index (χ4v) is 5.10. The van der Waals surface area contributed by atoms with Crippen LogP contribution >= 0.6 is 0 Å². The van der Waals surface area contributed by atoms with Crippen LogP contribution in [0.2, 0.25) is 0 Å². The highest BCUT2D eigenvalue weighted by Gasteiger charge is 2.47. The highest BCUT2D eigenvalue weighted by Crippen LogP contribution is 2.45. The topological polar surface area (TPSA) is 77.8 Å². The lowest BCUT2D eigenvalue weighted by Crippen LogP contribution is -2.29. The van der Waals surface area contributed by atoms with Crippen LogP contribution in [0.3, 0.4) is 0 Å². The highest BCUT2D eigenvalue weighted by atomic mass is 16.3. The number of anilines is 1. The largest absolute Gasteiger partial charge is 0.507 e. The van der Waals surface area contributed by atoms with Crippen molar-refractivity contribution in [3.63, 3.8) is 0 Å². The molecule has 1 unspecified atom stereocenters. The minimum absolute atomic E-state index is 0.0345. The van der Waals surface area contributed by atoms with Crippen LogP contribution in [-0.2, 0) is 22.4 Å². The Morgan fingerprint density at radius 1 is 0.882 bits per heavy atom. The first-order valence-electron chi connectivity index (χ1n) is 11.6. The van der Waals surface area contributed by atoms with Gasteiger partial charge in [-0.05, 0) is 80.0 Å². The van der Waals surface area contributed by atoms with Gasteiger partial charge in [-0.25, -0.2) is 0 Å². The van der Waals surface area contributed by atoms with Crippen LogP contribution in [0.15, 0.2) is 66.2 Å². The Morgan fingerprint density at radius 2 is 1.62 bits per heavy atom. The molecule has 1 heterocycles. The predicted molar refractivity (Wildman–Crippen MR) is 132 cm³/mol. The molecule has 1 amide bonds. The van der Waals surface area contributed by atoms with Crippen LogP contribution in [0.1, 0.15) is 52.3 Å². The predicted octanol–water partition coefficient (Wildman–Crippen LogP) is 5.51. The Morgan fingerprint density at radius 3 is 2.38 bits per heavy atom. The third-order valence-electron chi connectivity index (χ3n) is 6.81. The maximum atomic E-state index is 13.4. The summed E-state index contributed by atoms with van der Waals surface area (Å²) in [6, 6.07) is 17.4. The second-order valence-corrected chi connectivity index (χ2v) is 9.27. The smallest absolute Gasteiger partial charge is 0.300 e. The first-order chi connectivity index (χ1) is 16.3. The molecular weight excluding hydrogens is 426 g/mol. The molecule has 0 spiro atoms. The normalized spacial score (nSPS) is 19.4. The van der Waals surface area contributed by atoms with Crippen LogP contribution < -0.4 is 4.90 Å². The molecule has 3 aromatic carbocycles. The molecule has 1 fully saturated rings. The summed E-state index contributed by atoms with van der Waals surface area (Å²) in [6.07, 6.45) is 4.19. The Kier molecular flexibility index (Phi) is 5.48. The average Bonchev–Trinajstić information content (AvgIpc) is 3.10. The van der Waals surface area contributed by atoms with Gasteiger partial charge in [0.15, 0.2) is 0 Å². The lowest BCUT2D eigenvalue weighted by molar-refractivity contribution is -0.132. The third-order valence-corrected chi connectivity index (χ3v) is 6.81. The summed E-state index contributed by atoms with van der Waals surface area (Å²) in [4.78, 5) is 28.0. The summed E-state index contributed by atoms with van der Waals surface area (Å²) in [7, 11) is 0. The number of aliphatic hydroxyl groups is 1. The number of hydrogen-bond acceptors (Lipinski definition) is 4. The van der Waals surface area contributed by atoms with Gasteiger partial charge in [-0.1, -0.05) is 48.0 Å². The van der Waals surface area contributed by atoms with E-state index in [1.807, 2.05) is 56.3 Å². The Bertz CT molecular complexity index is 1350. The van der Waals surface area contributed by atoms with Crippen molar-refractivity contribution in [2.24, 2.45) is 0 Å². The Hall–Kier alpha value is -3.86. The van der Waals surface area contributed by atoms with Crippen molar-refractivity contribution in [3.8, 4) is 5.75 Å². The number of phenols is 1. The van der Waals surface area contributed by atoms with Crippen molar-refractivity contribution in [2.75, 3.05) is 4.90 Å². The average molecular weight is 454 g/mol. The van der Waals surface area contributed by atoms with E-state index < -0.39 is 17.7 Å². The number of hydrogen-bond donors (Lipinski definition) is 2. The van der Waals surface area contributed by atoms with Crippen LogP contribution in [-0.4, -0.2) is 21.9 Å². The number of carbonyl (C=O) groups excluding carboxylic acids is 2. The molecule has 1 aliphatic heterocycles. The standard InChI is InChI=1S/C29H27NO4/c1-17-6-5-9-21(14-17)26-25(27(32)22-12-11-19-7-3-4-8-20(19)16-22)28(33)29(34)30(26)23-15-18(2)10-13-24(23)31/h5-6,9-16,26,31-32H,3-4,7-8H2,1-2H3/b27-25-. The van der Waals surface area contributed by atoms with Gasteiger partial charge in [0.25, 0.3) is 11.7 Å². The molecule has 0 bridgehead atoms. The molecule has 3 aromatic rings. The van der Waals surface area contributed by atoms with E-state index in [0.717, 1.165) is 36.8 Å². The minimum atomic E-state index is -0.858. The number of carbonyl (C=O) groups is 2. The second kappa shape index (κ2) is 8.49. The van der Waals surface area contributed by atoms with E-state index in [4.69, 9.17) is 0 Å². The number of Topliss-reactive ketones (excluding diaryl/α,β-unsaturated/α-hetero) is 1. The fraction of sp³-hybridized carbons (Fsp3) is 0.241. The van der Waals surface area contributed by atoms with E-state index in [-0.39, 0.29) is 22.8 Å². The summed E-state index contributed by atoms with van der Waals surface area (Å²) >= 11 is 0. The van der Waals surface area contributed by atoms with E-state index >= 15 is 0 Å². The molecule has 1 aliphatic carbocycles. The van der Waals surface area contributed by atoms with Crippen molar-refractivity contribution in [1.82, 2.24) is 0 Å². The molecule has 1 saturated heterocycles. The SMILES string of the molecule is Cc1cccc(C2/C(=C(/O)c3ccc4c(c3)CCCC4)C(=O)C(=O)N2c2cc(C)ccc2O)c1. The molecule has 0 radical (unpaired) electrons. The number of aryl methyl sites for hydroxylation is 4. The van der Waals surface area contributed by atoms with E-state index in [1.165, 1.54) is 22.1 Å². The number of phenolic OH excluding ortho intramolecular Hbond substituents is 1. The molecule has 5 rings (SSSR count). The zero-order valence-corrected chi connectivity index (χ0v) is 19.3. The first-order valence-corrected chi connectivity index (χ1v) is 11.6. The summed E-state index contributed by atoms with van der Waals surface area (Å²) in [6.45, 7) is 3.79. The Balaban J connectivity index is 1.73. The van der Waals surface area contributed by atoms with Gasteiger partial charge in [-0.2, -0.15) is 0 Å². The zero-order chi connectivity index (χ0) is 24.0. The number of benzene rings is 3. The molecule has 0 aromatic heterocycles. The summed E-state index contributed by atoms with van der Waals surface area (Å²) in [5.74, 6) is -1.82. The third kappa shape index (κ3) is 3.67. The number of nitrogens with zero attached hydrogens (tertiary/aromatic N) is 1. The number of amides is 1. The minimum Gasteiger partial charge on any atom is -0.507 e. The molecular formula is C29H27NO4. The van der Waals surface area contributed by atoms with Crippen molar-refractivity contribution < 1.29 is 19.8 Å². The maximum absolute atomic E-state index is 13.4. The van der Waals surface area contributed by atoms with Gasteiger partial charge in [0, 0.05) is 5.56 Å². The van der Waals surface area contributed by atoms with E-state index in [0.29, 0.717) is 11.1 Å². The van der Waals surface area contributed by atoms with Crippen molar-refractivity contribution >= 4 is 23.1 Å². The van der Waals surface area contributed by atoms with Gasteiger partial charge in [0.1, 0.15) is 11.5 Å². The number of fused-ring (bicyclic) bond motifs is 1. The van der Waals surface area contributed by atoms with Gasteiger partial charge < -0.3 is 10.2 Å². The number of aromatic hydroxyl groups is 1. The monoisotopic (exact) mass is 453 g/mol. The van der Waals surface area contributed by atoms with Crippen LogP contribution in [0.25, 0.3) is 5.76 Å². The Labute approximate surface area is 199 Å². The molecule has 5 nitrogen and oxygen atoms in total. The molecule has 172 valence electrons. The van der Waals surface area contributed by atoms with Crippen LogP contribution in [0, 0.1) is 13.8 Å². The highest BCUT2D eigenvalue weighted by molar-refractivity contribution is 6.52. The van der Waals surface area contributed by atoms with Crippen LogP contribution in [0.4, 0.5) is 5.69 Å². The molecule has 2 N–H and O–H groups in total. The van der Waals surface area contributed by atoms with Gasteiger partial charge in [-0.15, -0.1) is 0 Å². The van der Waals surface area contributed by atoms with E-state index in [9.17, 15) is 19.8 Å². The van der Waals surface area contributed by atoms with Crippen molar-refractivity contribution in [3.05, 3.63) is 99.6 Å². The lowest BCUT2D eigenvalue weighted by atomic mass is 9.88. The molecule has 2 aliphatic rings. The molecule has 34 heavy (non-hydrogen) atoms. The second-order valence-electron chi connectivity index (χ2n) is 9.27. The number of ketones is 1. The quantitative estimate of drug-likeness (QED) is 0.311. The van der Waals surface area contributed by atoms with Crippen molar-refractivity contribution in [1.29, 1.82) is 0 Å². The van der Waals surface area contributed by atoms with Gasteiger partial charge >= 0.3 is 0 Å². The molecule has 0 saturated carbocycles. The summed E-state index contributed by atoms with van der Waals surface area (Å²) in [5.41, 5.74) is 5.75. The zero-order valence-electron chi connectivity index (χ0n) is 19.3. The summed E-state index contributed by atoms with van der Waals surface area (Å²) in [5, 5.41) is 22.0. The maximum Gasteiger partial charge on any atom is 0.300 e. The van der Waals surface area contributed by atoms with Gasteiger partial charge in [0.05, 0.1) is 17.3 Å². The first kappa shape index (κ1) is 22.0. The summed E-state index contributed by atoms with van der Waals surface area (Å²) < 4.78 is 0. The van der Waals surface area contributed by atoms with E-state index in [2.05, 4.69) is 0 Å².